The second-order valence-electron chi connectivity index (χ2n) is 4.02. The molecule has 0 saturated heterocycles. The van der Waals surface area contributed by atoms with Crippen molar-refractivity contribution in [2.75, 3.05) is 0 Å². The summed E-state index contributed by atoms with van der Waals surface area (Å²) in [4.78, 5) is 10.8. The van der Waals surface area contributed by atoms with Crippen molar-refractivity contribution < 1.29 is 14.3 Å². The van der Waals surface area contributed by atoms with Gasteiger partial charge in [-0.3, -0.25) is 4.79 Å². The number of rotatable bonds is 5. The number of carboxylic acids is 1. The Kier molecular flexibility index (Phi) is 3.40. The summed E-state index contributed by atoms with van der Waals surface area (Å²) in [5, 5.41) is 20.2. The molecule has 0 spiro atoms. The largest absolute Gasteiger partial charge is 0.481 e. The zero-order valence-electron chi connectivity index (χ0n) is 10.2. The Hall–Kier alpha value is -2.18. The molecule has 0 amide bonds. The van der Waals surface area contributed by atoms with E-state index < -0.39 is 5.97 Å². The highest BCUT2D eigenvalue weighted by atomic mass is 16.4. The van der Waals surface area contributed by atoms with Gasteiger partial charge in [0.15, 0.2) is 5.76 Å². The minimum Gasteiger partial charge on any atom is -0.481 e. The van der Waals surface area contributed by atoms with Crippen LogP contribution in [0.2, 0.25) is 0 Å². The summed E-state index contributed by atoms with van der Waals surface area (Å²) < 4.78 is 6.96. The van der Waals surface area contributed by atoms with Gasteiger partial charge in [0, 0.05) is 0 Å². The van der Waals surface area contributed by atoms with Crippen molar-refractivity contribution in [1.29, 1.82) is 0 Å². The molecule has 0 aliphatic heterocycles. The monoisotopic (exact) mass is 250 g/mol. The molecule has 18 heavy (non-hydrogen) atoms. The van der Waals surface area contributed by atoms with Gasteiger partial charge < -0.3 is 9.52 Å². The van der Waals surface area contributed by atoms with Gasteiger partial charge in [-0.2, -0.15) is 0 Å². The van der Waals surface area contributed by atoms with Crippen molar-refractivity contribution in [3.8, 4) is 11.6 Å². The number of aliphatic carboxylic acids is 1. The Morgan fingerprint density at radius 1 is 1.56 bits per heavy atom. The summed E-state index contributed by atoms with van der Waals surface area (Å²) in [6.45, 7) is 3.72. The summed E-state index contributed by atoms with van der Waals surface area (Å²) in [7, 11) is 0. The molecule has 0 aliphatic rings. The van der Waals surface area contributed by atoms with Crippen molar-refractivity contribution >= 4 is 5.97 Å². The molecule has 2 aromatic heterocycles. The molecule has 0 radical (unpaired) electrons. The van der Waals surface area contributed by atoms with Crippen LogP contribution in [-0.2, 0) is 4.79 Å². The van der Waals surface area contributed by atoms with Crippen LogP contribution >= 0.6 is 0 Å². The van der Waals surface area contributed by atoms with Crippen LogP contribution in [0.25, 0.3) is 11.6 Å². The third-order valence-corrected chi connectivity index (χ3v) is 2.68. The predicted octanol–water partition coefficient (Wildman–Crippen LogP) is 1.67. The number of carboxylic acid groups (broad SMARTS) is 1. The third-order valence-electron chi connectivity index (χ3n) is 2.68. The molecule has 96 valence electrons. The van der Waals surface area contributed by atoms with Gasteiger partial charge in [-0.1, -0.05) is 6.92 Å². The summed E-state index contributed by atoms with van der Waals surface area (Å²) in [5.74, 6) is 0.877. The summed E-state index contributed by atoms with van der Waals surface area (Å²) in [6, 6.07) is 3.30. The summed E-state index contributed by atoms with van der Waals surface area (Å²) in [6.07, 6.45) is 0.609. The Balaban J connectivity index is 2.34. The van der Waals surface area contributed by atoms with Crippen molar-refractivity contribution in [1.82, 2.24) is 20.2 Å². The second-order valence-corrected chi connectivity index (χ2v) is 4.02. The molecule has 2 rings (SSSR count). The lowest BCUT2D eigenvalue weighted by molar-refractivity contribution is -0.138. The molecule has 1 N–H and O–H groups in total. The average molecular weight is 250 g/mol. The summed E-state index contributed by atoms with van der Waals surface area (Å²) in [5.41, 5.74) is 0. The van der Waals surface area contributed by atoms with Gasteiger partial charge in [-0.25, -0.2) is 4.68 Å². The number of aryl methyl sites for hydroxylation is 1. The molecule has 0 saturated carbocycles. The number of carbonyl (C=O) groups is 1. The number of furan rings is 1. The maximum atomic E-state index is 10.8. The Bertz CT molecular complexity index is 546. The molecule has 1 unspecified atom stereocenters. The van der Waals surface area contributed by atoms with Crippen LogP contribution in [0, 0.1) is 6.92 Å². The fourth-order valence-electron chi connectivity index (χ4n) is 1.76. The van der Waals surface area contributed by atoms with Crippen LogP contribution < -0.4 is 0 Å². The molecule has 1 atom stereocenters. The Labute approximate surface area is 103 Å². The van der Waals surface area contributed by atoms with Crippen LogP contribution in [-0.4, -0.2) is 31.3 Å². The van der Waals surface area contributed by atoms with E-state index in [-0.39, 0.29) is 12.5 Å². The molecule has 7 nitrogen and oxygen atoms in total. The number of hydrogen-bond donors (Lipinski definition) is 1. The molecule has 2 aromatic rings. The second kappa shape index (κ2) is 4.99. The van der Waals surface area contributed by atoms with Gasteiger partial charge in [0.1, 0.15) is 5.76 Å². The smallest absolute Gasteiger partial charge is 0.305 e. The molecule has 0 fully saturated rings. The molecule has 0 aromatic carbocycles. The normalized spacial score (nSPS) is 12.6. The first-order valence-corrected chi connectivity index (χ1v) is 5.68. The van der Waals surface area contributed by atoms with Crippen molar-refractivity contribution in [2.24, 2.45) is 0 Å². The number of nitrogens with zero attached hydrogens (tertiary/aromatic N) is 4. The van der Waals surface area contributed by atoms with Crippen LogP contribution in [0.4, 0.5) is 0 Å². The zero-order valence-corrected chi connectivity index (χ0v) is 10.2. The van der Waals surface area contributed by atoms with Gasteiger partial charge in [-0.05, 0) is 35.9 Å². The fraction of sp³-hybridized carbons (Fsp3) is 0.455. The topological polar surface area (TPSA) is 94.0 Å². The first kappa shape index (κ1) is 12.3. The quantitative estimate of drug-likeness (QED) is 0.867. The molecule has 0 bridgehead atoms. The minimum atomic E-state index is -0.876. The number of tetrazole rings is 1. The van der Waals surface area contributed by atoms with E-state index in [1.165, 1.54) is 4.68 Å². The highest BCUT2D eigenvalue weighted by molar-refractivity contribution is 5.67. The highest BCUT2D eigenvalue weighted by Gasteiger charge is 2.21. The molecular formula is C11H14N4O3. The zero-order chi connectivity index (χ0) is 13.1. The Morgan fingerprint density at radius 3 is 2.89 bits per heavy atom. The molecule has 2 heterocycles. The minimum absolute atomic E-state index is 0.0196. The third kappa shape index (κ3) is 2.39. The fourth-order valence-corrected chi connectivity index (χ4v) is 1.76. The van der Waals surface area contributed by atoms with Gasteiger partial charge in [0.25, 0.3) is 0 Å². The van der Waals surface area contributed by atoms with Gasteiger partial charge in [-0.15, -0.1) is 5.10 Å². The standard InChI is InChI=1S/C11H14N4O3/c1-3-8(6-10(16)17)15-11(12-13-14-15)9-5-4-7(2)18-9/h4-5,8H,3,6H2,1-2H3,(H,16,17). The first-order chi connectivity index (χ1) is 8.61. The van der Waals surface area contributed by atoms with E-state index in [0.717, 1.165) is 5.76 Å². The van der Waals surface area contributed by atoms with Crippen LogP contribution in [0.3, 0.4) is 0 Å². The lowest BCUT2D eigenvalue weighted by atomic mass is 10.1. The van der Waals surface area contributed by atoms with Gasteiger partial charge in [0.05, 0.1) is 12.5 Å². The van der Waals surface area contributed by atoms with E-state index >= 15 is 0 Å². The summed E-state index contributed by atoms with van der Waals surface area (Å²) >= 11 is 0. The van der Waals surface area contributed by atoms with Gasteiger partial charge in [0.2, 0.25) is 5.82 Å². The molecular weight excluding hydrogens is 236 g/mol. The van der Waals surface area contributed by atoms with E-state index in [2.05, 4.69) is 15.5 Å². The van der Waals surface area contributed by atoms with E-state index in [1.54, 1.807) is 6.07 Å². The highest BCUT2D eigenvalue weighted by Crippen LogP contribution is 2.24. The van der Waals surface area contributed by atoms with E-state index in [9.17, 15) is 4.79 Å². The maximum Gasteiger partial charge on any atom is 0.305 e. The SMILES string of the molecule is CCC(CC(=O)O)n1nnnc1-c1ccc(C)o1. The predicted molar refractivity (Wildman–Crippen MR) is 61.8 cm³/mol. The van der Waals surface area contributed by atoms with Crippen LogP contribution in [0.15, 0.2) is 16.5 Å². The first-order valence-electron chi connectivity index (χ1n) is 5.68. The van der Waals surface area contributed by atoms with E-state index in [4.69, 9.17) is 9.52 Å². The maximum absolute atomic E-state index is 10.8. The van der Waals surface area contributed by atoms with E-state index in [1.807, 2.05) is 19.9 Å². The molecule has 0 aliphatic carbocycles. The lowest BCUT2D eigenvalue weighted by Gasteiger charge is -2.13. The van der Waals surface area contributed by atoms with Crippen molar-refractivity contribution in [3.05, 3.63) is 17.9 Å². The van der Waals surface area contributed by atoms with Crippen LogP contribution in [0.5, 0.6) is 0 Å². The van der Waals surface area contributed by atoms with Crippen molar-refractivity contribution in [2.45, 2.75) is 32.7 Å². The molecule has 7 heteroatoms. The Morgan fingerprint density at radius 2 is 2.33 bits per heavy atom. The van der Waals surface area contributed by atoms with E-state index in [0.29, 0.717) is 18.0 Å². The average Bonchev–Trinajstić information content (AvgIpc) is 2.93. The number of aromatic nitrogens is 4. The van der Waals surface area contributed by atoms with Crippen LogP contribution in [0.1, 0.15) is 31.6 Å². The lowest BCUT2D eigenvalue weighted by Crippen LogP contribution is -2.15. The van der Waals surface area contributed by atoms with Gasteiger partial charge >= 0.3 is 5.97 Å². The number of hydrogen-bond acceptors (Lipinski definition) is 5. The van der Waals surface area contributed by atoms with Crippen molar-refractivity contribution in [3.63, 3.8) is 0 Å².